The second-order valence-electron chi connectivity index (χ2n) is 6.24. The molecule has 0 bridgehead atoms. The summed E-state index contributed by atoms with van der Waals surface area (Å²) < 4.78 is 0. The molecule has 0 heterocycles. The maximum absolute atomic E-state index is 11.4. The monoisotopic (exact) mass is 270 g/mol. The van der Waals surface area contributed by atoms with E-state index < -0.39 is 11.5 Å². The number of carboxylic acids is 1. The molecule has 1 aliphatic carbocycles. The molecule has 1 atom stereocenters. The van der Waals surface area contributed by atoms with E-state index in [1.165, 1.54) is 0 Å². The molecule has 4 nitrogen and oxygen atoms in total. The Bertz CT molecular complexity index is 290. The zero-order valence-corrected chi connectivity index (χ0v) is 12.9. The van der Waals surface area contributed by atoms with Crippen molar-refractivity contribution in [1.82, 2.24) is 10.2 Å². The van der Waals surface area contributed by atoms with Crippen molar-refractivity contribution >= 4 is 5.97 Å². The lowest BCUT2D eigenvalue weighted by atomic mass is 9.94. The van der Waals surface area contributed by atoms with Gasteiger partial charge in [0.1, 0.15) is 5.54 Å². The summed E-state index contributed by atoms with van der Waals surface area (Å²) in [5.74, 6) is -0.712. The smallest absolute Gasteiger partial charge is 0.323 e. The molecular weight excluding hydrogens is 240 g/mol. The molecule has 0 aromatic carbocycles. The van der Waals surface area contributed by atoms with Gasteiger partial charge in [-0.2, -0.15) is 0 Å². The summed E-state index contributed by atoms with van der Waals surface area (Å²) in [6.45, 7) is 10.5. The lowest BCUT2D eigenvalue weighted by Crippen LogP contribution is -2.50. The Kier molecular flexibility index (Phi) is 6.27. The van der Waals surface area contributed by atoms with Crippen molar-refractivity contribution in [3.8, 4) is 0 Å². The number of nitrogens with one attached hydrogen (secondary N) is 1. The van der Waals surface area contributed by atoms with Crippen LogP contribution in [0.25, 0.3) is 0 Å². The third kappa shape index (κ3) is 5.49. The fourth-order valence-corrected chi connectivity index (χ4v) is 2.49. The van der Waals surface area contributed by atoms with Crippen LogP contribution in [0, 0.1) is 0 Å². The van der Waals surface area contributed by atoms with E-state index in [0.29, 0.717) is 18.5 Å². The number of nitrogens with zero attached hydrogens (tertiary/aromatic N) is 1. The van der Waals surface area contributed by atoms with Gasteiger partial charge in [0.05, 0.1) is 0 Å². The number of hydrogen-bond acceptors (Lipinski definition) is 3. The highest BCUT2D eigenvalue weighted by Gasteiger charge is 2.37. The lowest BCUT2D eigenvalue weighted by molar-refractivity contribution is -0.144. The second kappa shape index (κ2) is 7.25. The van der Waals surface area contributed by atoms with Crippen molar-refractivity contribution in [2.75, 3.05) is 13.1 Å². The van der Waals surface area contributed by atoms with Crippen molar-refractivity contribution < 1.29 is 9.90 Å². The first-order valence-electron chi connectivity index (χ1n) is 7.64. The predicted molar refractivity (Wildman–Crippen MR) is 78.4 cm³/mol. The van der Waals surface area contributed by atoms with E-state index in [2.05, 4.69) is 31.0 Å². The Balaban J connectivity index is 2.30. The van der Waals surface area contributed by atoms with E-state index in [-0.39, 0.29) is 0 Å². The van der Waals surface area contributed by atoms with Crippen LogP contribution in [0.2, 0.25) is 0 Å². The number of hydrogen-bond donors (Lipinski definition) is 2. The molecule has 4 heteroatoms. The van der Waals surface area contributed by atoms with Crippen LogP contribution in [-0.4, -0.2) is 46.7 Å². The quantitative estimate of drug-likeness (QED) is 0.599. The zero-order valence-electron chi connectivity index (χ0n) is 12.9. The summed E-state index contributed by atoms with van der Waals surface area (Å²) >= 11 is 0. The van der Waals surface area contributed by atoms with Gasteiger partial charge in [-0.1, -0.05) is 6.92 Å². The Morgan fingerprint density at radius 2 is 2.05 bits per heavy atom. The van der Waals surface area contributed by atoms with Gasteiger partial charge in [0.15, 0.2) is 0 Å². The van der Waals surface area contributed by atoms with Gasteiger partial charge < -0.3 is 10.0 Å². The molecular formula is C15H30N2O2. The maximum Gasteiger partial charge on any atom is 0.323 e. The highest BCUT2D eigenvalue weighted by molar-refractivity contribution is 5.78. The number of carboxylic acid groups (broad SMARTS) is 1. The minimum absolute atomic E-state index is 0.434. The average molecular weight is 270 g/mol. The second-order valence-corrected chi connectivity index (χ2v) is 6.24. The summed E-state index contributed by atoms with van der Waals surface area (Å²) in [6.07, 6.45) is 5.00. The highest BCUT2D eigenvalue weighted by atomic mass is 16.4. The fraction of sp³-hybridized carbons (Fsp3) is 0.933. The zero-order chi connectivity index (χ0) is 14.5. The van der Waals surface area contributed by atoms with Gasteiger partial charge in [0, 0.05) is 12.1 Å². The van der Waals surface area contributed by atoms with Crippen molar-refractivity contribution in [2.45, 2.75) is 77.4 Å². The lowest BCUT2D eigenvalue weighted by Gasteiger charge is -2.28. The molecule has 0 aromatic heterocycles. The van der Waals surface area contributed by atoms with Crippen LogP contribution >= 0.6 is 0 Å². The van der Waals surface area contributed by atoms with E-state index >= 15 is 0 Å². The molecule has 0 aliphatic heterocycles. The van der Waals surface area contributed by atoms with E-state index in [1.807, 2.05) is 6.92 Å². The Morgan fingerprint density at radius 3 is 2.47 bits per heavy atom. The molecule has 0 aromatic rings. The SMILES string of the molecule is CCN(CCCCC(C)(NC1CC1)C(=O)O)C(C)C. The fourth-order valence-electron chi connectivity index (χ4n) is 2.49. The van der Waals surface area contributed by atoms with Gasteiger partial charge in [0.25, 0.3) is 0 Å². The molecule has 1 rings (SSSR count). The topological polar surface area (TPSA) is 52.6 Å². The third-order valence-electron chi connectivity index (χ3n) is 4.08. The van der Waals surface area contributed by atoms with Gasteiger partial charge in [-0.15, -0.1) is 0 Å². The van der Waals surface area contributed by atoms with E-state index in [4.69, 9.17) is 0 Å². The van der Waals surface area contributed by atoms with Gasteiger partial charge in [-0.05, 0) is 66.0 Å². The normalized spacial score (nSPS) is 18.8. The standard InChI is InChI=1S/C15H30N2O2/c1-5-17(12(2)3)11-7-6-10-15(4,14(18)19)16-13-8-9-13/h12-13,16H,5-11H2,1-4H3,(H,18,19). The summed E-state index contributed by atoms with van der Waals surface area (Å²) in [7, 11) is 0. The summed E-state index contributed by atoms with van der Waals surface area (Å²) in [6, 6.07) is 1.00. The van der Waals surface area contributed by atoms with Crippen molar-refractivity contribution in [3.63, 3.8) is 0 Å². The molecule has 112 valence electrons. The molecule has 0 amide bonds. The predicted octanol–water partition coefficient (Wildman–Crippen LogP) is 2.48. The Labute approximate surface area is 117 Å². The number of aliphatic carboxylic acids is 1. The van der Waals surface area contributed by atoms with Crippen LogP contribution in [-0.2, 0) is 4.79 Å². The first-order valence-corrected chi connectivity index (χ1v) is 7.64. The van der Waals surface area contributed by atoms with Gasteiger partial charge in [0.2, 0.25) is 0 Å². The summed E-state index contributed by atoms with van der Waals surface area (Å²) in [5, 5.41) is 12.7. The molecule has 1 aliphatic rings. The molecule has 0 spiro atoms. The molecule has 1 fully saturated rings. The van der Waals surface area contributed by atoms with Gasteiger partial charge >= 0.3 is 5.97 Å². The average Bonchev–Trinajstić information content (AvgIpc) is 3.12. The van der Waals surface area contributed by atoms with E-state index in [9.17, 15) is 9.90 Å². The maximum atomic E-state index is 11.4. The molecule has 0 saturated heterocycles. The molecule has 1 unspecified atom stereocenters. The van der Waals surface area contributed by atoms with E-state index in [0.717, 1.165) is 38.8 Å². The van der Waals surface area contributed by atoms with E-state index in [1.54, 1.807) is 0 Å². The first-order chi connectivity index (χ1) is 8.89. The Hall–Kier alpha value is -0.610. The summed E-state index contributed by atoms with van der Waals surface area (Å²) in [4.78, 5) is 13.8. The minimum atomic E-state index is -0.740. The highest BCUT2D eigenvalue weighted by Crippen LogP contribution is 2.25. The van der Waals surface area contributed by atoms with Gasteiger partial charge in [-0.3, -0.25) is 10.1 Å². The van der Waals surface area contributed by atoms with Crippen LogP contribution in [0.5, 0.6) is 0 Å². The first kappa shape index (κ1) is 16.4. The third-order valence-corrected chi connectivity index (χ3v) is 4.08. The number of rotatable bonds is 10. The molecule has 1 saturated carbocycles. The molecule has 0 radical (unpaired) electrons. The van der Waals surface area contributed by atoms with Crippen LogP contribution < -0.4 is 5.32 Å². The summed E-state index contributed by atoms with van der Waals surface area (Å²) in [5.41, 5.74) is -0.740. The van der Waals surface area contributed by atoms with Crippen molar-refractivity contribution in [3.05, 3.63) is 0 Å². The molecule has 19 heavy (non-hydrogen) atoms. The Morgan fingerprint density at radius 1 is 1.42 bits per heavy atom. The molecule has 2 N–H and O–H groups in total. The van der Waals surface area contributed by atoms with Crippen LogP contribution in [0.3, 0.4) is 0 Å². The number of unbranched alkanes of at least 4 members (excludes halogenated alkanes) is 1. The van der Waals surface area contributed by atoms with Crippen molar-refractivity contribution in [2.24, 2.45) is 0 Å². The van der Waals surface area contributed by atoms with Crippen molar-refractivity contribution in [1.29, 1.82) is 0 Å². The minimum Gasteiger partial charge on any atom is -0.480 e. The van der Waals surface area contributed by atoms with Crippen LogP contribution in [0.4, 0.5) is 0 Å². The number of carbonyl (C=O) groups is 1. The van der Waals surface area contributed by atoms with Crippen LogP contribution in [0.15, 0.2) is 0 Å². The van der Waals surface area contributed by atoms with Crippen LogP contribution in [0.1, 0.15) is 59.8 Å². The largest absolute Gasteiger partial charge is 0.480 e. The van der Waals surface area contributed by atoms with Gasteiger partial charge in [-0.25, -0.2) is 0 Å².